The average Bonchev–Trinajstić information content (AvgIpc) is 3.89. The van der Waals surface area contributed by atoms with Crippen molar-refractivity contribution in [3.63, 3.8) is 0 Å². The van der Waals surface area contributed by atoms with E-state index < -0.39 is 47.9 Å². The van der Waals surface area contributed by atoms with Crippen LogP contribution in [0.15, 0.2) is 12.7 Å². The molecule has 3 heterocycles. The van der Waals surface area contributed by atoms with Crippen LogP contribution in [0, 0.1) is 16.7 Å². The van der Waals surface area contributed by atoms with Crippen molar-refractivity contribution in [1.29, 1.82) is 0 Å². The average molecular weight is 636 g/mol. The van der Waals surface area contributed by atoms with Crippen LogP contribution in [0.25, 0.3) is 11.2 Å². The molecule has 4 aliphatic rings. The molecule has 2 aromatic rings. The van der Waals surface area contributed by atoms with Gasteiger partial charge >= 0.3 is 14.0 Å². The Bertz CT molecular complexity index is 1500. The van der Waals surface area contributed by atoms with Gasteiger partial charge in [-0.05, 0) is 44.1 Å². The van der Waals surface area contributed by atoms with Crippen LogP contribution in [0.2, 0.25) is 0 Å². The molecule has 3 spiro atoms. The fourth-order valence-electron chi connectivity index (χ4n) is 6.46. The Kier molecular flexibility index (Phi) is 7.27. The maximum atomic E-state index is 13.2. The third kappa shape index (κ3) is 4.71. The van der Waals surface area contributed by atoms with Crippen LogP contribution < -0.4 is 11.5 Å². The van der Waals surface area contributed by atoms with Crippen LogP contribution in [-0.2, 0) is 28.2 Å². The number of aromatic nitrogens is 4. The van der Waals surface area contributed by atoms with Crippen LogP contribution >= 0.6 is 19.8 Å². The molecule has 3 aliphatic carbocycles. The lowest BCUT2D eigenvalue weighted by Gasteiger charge is -2.29. The second kappa shape index (κ2) is 10.1. The monoisotopic (exact) mass is 635 g/mol. The van der Waals surface area contributed by atoms with Gasteiger partial charge in [-0.15, -0.1) is 4.52 Å². The molecular weight excluding hydrogens is 595 g/mol. The van der Waals surface area contributed by atoms with Gasteiger partial charge in [0.05, 0.1) is 23.9 Å². The molecule has 7 atom stereocenters. The lowest BCUT2D eigenvalue weighted by Crippen LogP contribution is -2.51. The molecule has 234 valence electrons. The molecule has 13 nitrogen and oxygen atoms in total. The number of carbonyl (C=O) groups excluding carboxylic acids is 2. The molecule has 1 aliphatic heterocycles. The number of nitrogens with zero attached hydrogens (tertiary/aromatic N) is 4. The number of nitrogen functional groups attached to an aromatic ring is 1. The Morgan fingerprint density at radius 1 is 1.26 bits per heavy atom. The molecule has 43 heavy (non-hydrogen) atoms. The minimum absolute atomic E-state index is 0.0580. The zero-order chi connectivity index (χ0) is 31.2. The molecule has 5 N–H and O–H groups in total. The number of thioether (sulfide) groups is 1. The Morgan fingerprint density at radius 2 is 1.98 bits per heavy atom. The van der Waals surface area contributed by atoms with Crippen LogP contribution in [0.5, 0.6) is 0 Å². The first kappa shape index (κ1) is 30.8. The van der Waals surface area contributed by atoms with Gasteiger partial charge in [-0.3, -0.25) is 9.59 Å². The first-order valence-corrected chi connectivity index (χ1v) is 16.9. The minimum Gasteiger partial charge on any atom is -0.463 e. The fourth-order valence-corrected chi connectivity index (χ4v) is 8.83. The SMILES string of the molecule is CC(C)C(C)(N)C(=O)OCC(C)(C)C(=O)SCCO[P+](=O)C1CC12OC1(CC1n1cnc3c(N)ncnc31)C1(CC1)C2O. The predicted molar refractivity (Wildman–Crippen MR) is 159 cm³/mol. The minimum atomic E-state index is -2.13. The van der Waals surface area contributed by atoms with E-state index in [1.54, 1.807) is 27.1 Å². The molecule has 0 radical (unpaired) electrons. The summed E-state index contributed by atoms with van der Waals surface area (Å²) in [5, 5.41) is 11.3. The number of anilines is 1. The first-order valence-electron chi connectivity index (χ1n) is 14.7. The number of nitrogens with two attached hydrogens (primary N) is 2. The van der Waals surface area contributed by atoms with Gasteiger partial charge in [0.25, 0.3) is 0 Å². The molecule has 15 heteroatoms. The number of imidazole rings is 1. The fraction of sp³-hybridized carbons (Fsp3) is 0.750. The van der Waals surface area contributed by atoms with Gasteiger partial charge in [0.1, 0.15) is 41.8 Å². The molecule has 0 aromatic carbocycles. The normalized spacial score (nSPS) is 32.0. The number of hydrogen-bond donors (Lipinski definition) is 3. The van der Waals surface area contributed by atoms with Crippen LogP contribution in [0.3, 0.4) is 0 Å². The van der Waals surface area contributed by atoms with Gasteiger partial charge in [0.2, 0.25) is 5.66 Å². The Morgan fingerprint density at radius 3 is 2.65 bits per heavy atom. The number of rotatable bonds is 11. The van der Waals surface area contributed by atoms with Crippen LogP contribution in [0.1, 0.15) is 66.3 Å². The summed E-state index contributed by atoms with van der Waals surface area (Å²) in [6.07, 6.45) is 5.22. The second-order valence-electron chi connectivity index (χ2n) is 13.7. The van der Waals surface area contributed by atoms with Crippen molar-refractivity contribution in [2.75, 3.05) is 24.7 Å². The molecule has 2 aromatic heterocycles. The van der Waals surface area contributed by atoms with Gasteiger partial charge in [0, 0.05) is 24.0 Å². The van der Waals surface area contributed by atoms with Gasteiger partial charge in [-0.1, -0.05) is 25.6 Å². The van der Waals surface area contributed by atoms with E-state index in [-0.39, 0.29) is 41.5 Å². The smallest absolute Gasteiger partial charge is 0.463 e. The van der Waals surface area contributed by atoms with E-state index in [2.05, 4.69) is 15.0 Å². The lowest BCUT2D eigenvalue weighted by molar-refractivity contribution is -0.155. The quantitative estimate of drug-likeness (QED) is 0.185. The zero-order valence-electron chi connectivity index (χ0n) is 25.1. The Labute approximate surface area is 255 Å². The van der Waals surface area contributed by atoms with Gasteiger partial charge in [-0.25, -0.2) is 15.0 Å². The van der Waals surface area contributed by atoms with Crippen molar-refractivity contribution >= 4 is 47.9 Å². The predicted octanol–water partition coefficient (Wildman–Crippen LogP) is 2.74. The maximum Gasteiger partial charge on any atom is 0.514 e. The van der Waals surface area contributed by atoms with Gasteiger partial charge in [0.15, 0.2) is 16.6 Å². The molecule has 7 unspecified atom stereocenters. The number of carbonyl (C=O) groups is 2. The van der Waals surface area contributed by atoms with Gasteiger partial charge < -0.3 is 30.6 Å². The third-order valence-corrected chi connectivity index (χ3v) is 12.8. The molecule has 0 amide bonds. The van der Waals surface area contributed by atoms with E-state index in [1.807, 2.05) is 18.4 Å². The number of ether oxygens (including phenoxy) is 2. The first-order chi connectivity index (χ1) is 20.1. The standard InChI is InChI=1S/C28H40N6O7PS/c1-15(2)25(5,30)22(36)39-12-24(3,4)23(37)43-9-8-40-42(38)17-11-27(17)21(35)26(6-7-26)28(41-27)10-16(28)34-14-33-18-19(29)31-13-32-20(18)34/h13-17,21,35H,6-12,30H2,1-5H3,(H2,29,31,32)/q+1. The third-order valence-electron chi connectivity index (χ3n) is 10.0. The summed E-state index contributed by atoms with van der Waals surface area (Å²) in [4.78, 5) is 38.0. The molecule has 3 saturated carbocycles. The van der Waals surface area contributed by atoms with E-state index in [9.17, 15) is 19.3 Å². The van der Waals surface area contributed by atoms with E-state index in [0.717, 1.165) is 24.6 Å². The number of esters is 1. The molecule has 6 rings (SSSR count). The van der Waals surface area contributed by atoms with Crippen LogP contribution in [0.4, 0.5) is 5.82 Å². The highest BCUT2D eigenvalue weighted by molar-refractivity contribution is 8.13. The van der Waals surface area contributed by atoms with Crippen LogP contribution in [-0.4, -0.2) is 83.2 Å². The second-order valence-corrected chi connectivity index (χ2v) is 16.2. The summed E-state index contributed by atoms with van der Waals surface area (Å²) in [5.74, 6) is -0.0674. The molecule has 0 bridgehead atoms. The summed E-state index contributed by atoms with van der Waals surface area (Å²) in [7, 11) is -2.13. The molecule has 4 fully saturated rings. The highest BCUT2D eigenvalue weighted by atomic mass is 32.2. The van der Waals surface area contributed by atoms with Crippen molar-refractivity contribution in [2.45, 2.75) is 94.8 Å². The summed E-state index contributed by atoms with van der Waals surface area (Å²) in [6.45, 7) is 8.70. The van der Waals surface area contributed by atoms with Gasteiger partial charge in [-0.2, -0.15) is 0 Å². The van der Waals surface area contributed by atoms with E-state index in [0.29, 0.717) is 29.8 Å². The van der Waals surface area contributed by atoms with E-state index in [1.165, 1.54) is 6.33 Å². The molecular formula is C28H40N6O7PS+. The largest absolute Gasteiger partial charge is 0.514 e. The lowest BCUT2D eigenvalue weighted by atomic mass is 9.89. The van der Waals surface area contributed by atoms with Crippen molar-refractivity contribution in [1.82, 2.24) is 19.5 Å². The summed E-state index contributed by atoms with van der Waals surface area (Å²) >= 11 is 1.04. The topological polar surface area (TPSA) is 195 Å². The van der Waals surface area contributed by atoms with Crippen molar-refractivity contribution < 1.29 is 33.3 Å². The highest BCUT2D eigenvalue weighted by Gasteiger charge is 2.91. The maximum absolute atomic E-state index is 13.2. The van der Waals surface area contributed by atoms with Crippen molar-refractivity contribution in [2.24, 2.45) is 22.5 Å². The Balaban J connectivity index is 1.01. The summed E-state index contributed by atoms with van der Waals surface area (Å²) in [6, 6.07) is -0.0580. The number of fused-ring (bicyclic) bond motifs is 2. The van der Waals surface area contributed by atoms with E-state index >= 15 is 0 Å². The Hall–Kier alpha value is -2.22. The number of hydrogen-bond acceptors (Lipinski definition) is 13. The number of aliphatic hydroxyl groups is 1. The van der Waals surface area contributed by atoms with Crippen molar-refractivity contribution in [3.8, 4) is 0 Å². The summed E-state index contributed by atoms with van der Waals surface area (Å²) < 4.78 is 32.9. The number of aliphatic hydroxyl groups excluding tert-OH is 1. The highest BCUT2D eigenvalue weighted by Crippen LogP contribution is 2.82. The molecule has 1 saturated heterocycles. The van der Waals surface area contributed by atoms with E-state index in [4.69, 9.17) is 25.5 Å². The summed E-state index contributed by atoms with van der Waals surface area (Å²) in [5.41, 5.74) is 8.87. The zero-order valence-corrected chi connectivity index (χ0v) is 26.8. The van der Waals surface area contributed by atoms with Crippen molar-refractivity contribution in [3.05, 3.63) is 12.7 Å².